The molecule has 1 amide bonds. The van der Waals surface area contributed by atoms with Crippen LogP contribution in [0, 0.1) is 5.82 Å². The molecule has 5 nitrogen and oxygen atoms in total. The molecule has 0 spiro atoms. The number of amides is 1. The molecule has 0 radical (unpaired) electrons. The van der Waals surface area contributed by atoms with Crippen molar-refractivity contribution in [2.24, 2.45) is 0 Å². The number of β-amino-alcohol motifs (C(OH)–C–C–N with tert-alkyl or cyclic N) is 1. The smallest absolute Gasteiger partial charge is 0.326 e. The van der Waals surface area contributed by atoms with Crippen molar-refractivity contribution in [1.82, 2.24) is 4.90 Å². The number of carbonyl (C=O) groups is 2. The third-order valence-corrected chi connectivity index (χ3v) is 3.11. The monoisotopic (exact) mass is 279 g/mol. The zero-order valence-electron chi connectivity index (χ0n) is 10.6. The minimum absolute atomic E-state index is 0.0106. The lowest BCUT2D eigenvalue weighted by Gasteiger charge is -2.19. The first-order valence-electron chi connectivity index (χ1n) is 6.12. The fourth-order valence-electron chi connectivity index (χ4n) is 2.16. The molecule has 1 heterocycles. The van der Waals surface area contributed by atoms with Crippen LogP contribution in [0.15, 0.2) is 30.3 Å². The van der Waals surface area contributed by atoms with Crippen molar-refractivity contribution in [1.29, 1.82) is 0 Å². The summed E-state index contributed by atoms with van der Waals surface area (Å²) in [5, 5.41) is 18.5. The quantitative estimate of drug-likeness (QED) is 0.805. The summed E-state index contributed by atoms with van der Waals surface area (Å²) in [7, 11) is 0. The van der Waals surface area contributed by atoms with E-state index in [1.54, 1.807) is 6.07 Å². The van der Waals surface area contributed by atoms with Crippen molar-refractivity contribution < 1.29 is 24.2 Å². The fourth-order valence-corrected chi connectivity index (χ4v) is 2.16. The number of aliphatic hydroxyl groups is 1. The van der Waals surface area contributed by atoms with Crippen molar-refractivity contribution in [3.8, 4) is 0 Å². The van der Waals surface area contributed by atoms with E-state index in [4.69, 9.17) is 5.11 Å². The molecule has 0 aromatic heterocycles. The lowest BCUT2D eigenvalue weighted by Crippen LogP contribution is -2.39. The van der Waals surface area contributed by atoms with Crippen LogP contribution in [0.1, 0.15) is 12.0 Å². The maximum Gasteiger partial charge on any atom is 0.326 e. The van der Waals surface area contributed by atoms with Gasteiger partial charge in [-0.15, -0.1) is 0 Å². The molecule has 1 aliphatic rings. The number of carbonyl (C=O) groups excluding carboxylic acids is 1. The molecular formula is C14H14FNO4. The second-order valence-electron chi connectivity index (χ2n) is 4.62. The highest BCUT2D eigenvalue weighted by Crippen LogP contribution is 2.19. The van der Waals surface area contributed by atoms with E-state index in [0.717, 1.165) is 4.90 Å². The summed E-state index contributed by atoms with van der Waals surface area (Å²) in [6, 6.07) is 4.67. The molecule has 1 fully saturated rings. The van der Waals surface area contributed by atoms with Crippen LogP contribution in [0.5, 0.6) is 0 Å². The fraction of sp³-hybridized carbons (Fsp3) is 0.286. The van der Waals surface area contributed by atoms with E-state index >= 15 is 0 Å². The molecule has 2 atom stereocenters. The van der Waals surface area contributed by atoms with E-state index in [9.17, 15) is 19.1 Å². The van der Waals surface area contributed by atoms with Crippen LogP contribution >= 0.6 is 0 Å². The van der Waals surface area contributed by atoms with Crippen LogP contribution in [-0.4, -0.2) is 45.7 Å². The number of aliphatic hydroxyl groups excluding tert-OH is 1. The molecule has 0 aliphatic carbocycles. The van der Waals surface area contributed by atoms with E-state index in [0.29, 0.717) is 5.56 Å². The average Bonchev–Trinajstić information content (AvgIpc) is 2.78. The lowest BCUT2D eigenvalue weighted by atomic mass is 10.2. The summed E-state index contributed by atoms with van der Waals surface area (Å²) < 4.78 is 13.0. The number of carboxylic acids is 1. The Morgan fingerprint density at radius 1 is 1.40 bits per heavy atom. The Balaban J connectivity index is 2.09. The lowest BCUT2D eigenvalue weighted by molar-refractivity contribution is -0.146. The molecule has 1 saturated heterocycles. The van der Waals surface area contributed by atoms with Gasteiger partial charge in [0.25, 0.3) is 0 Å². The molecule has 2 N–H and O–H groups in total. The van der Waals surface area contributed by atoms with Crippen molar-refractivity contribution in [2.45, 2.75) is 18.6 Å². The van der Waals surface area contributed by atoms with Gasteiger partial charge in [0.15, 0.2) is 0 Å². The summed E-state index contributed by atoms with van der Waals surface area (Å²) >= 11 is 0. The summed E-state index contributed by atoms with van der Waals surface area (Å²) in [5.41, 5.74) is 0.505. The first-order valence-corrected chi connectivity index (χ1v) is 6.12. The van der Waals surface area contributed by atoms with Crippen LogP contribution in [-0.2, 0) is 9.59 Å². The molecule has 20 heavy (non-hydrogen) atoms. The van der Waals surface area contributed by atoms with Gasteiger partial charge in [-0.2, -0.15) is 0 Å². The van der Waals surface area contributed by atoms with Crippen LogP contribution in [0.3, 0.4) is 0 Å². The van der Waals surface area contributed by atoms with Gasteiger partial charge in [0.05, 0.1) is 6.10 Å². The molecule has 1 aromatic carbocycles. The Labute approximate surface area is 114 Å². The van der Waals surface area contributed by atoms with Crippen molar-refractivity contribution in [3.05, 3.63) is 41.7 Å². The van der Waals surface area contributed by atoms with Crippen LogP contribution < -0.4 is 0 Å². The summed E-state index contributed by atoms with van der Waals surface area (Å²) in [5.74, 6) is -2.08. The maximum atomic E-state index is 13.0. The molecule has 1 aliphatic heterocycles. The largest absolute Gasteiger partial charge is 0.480 e. The zero-order valence-corrected chi connectivity index (χ0v) is 10.6. The molecule has 1 aromatic rings. The third kappa shape index (κ3) is 3.21. The first-order chi connectivity index (χ1) is 9.47. The topological polar surface area (TPSA) is 77.8 Å². The number of halogens is 1. The Kier molecular flexibility index (Phi) is 4.14. The van der Waals surface area contributed by atoms with E-state index in [1.165, 1.54) is 30.4 Å². The highest BCUT2D eigenvalue weighted by molar-refractivity contribution is 5.94. The zero-order chi connectivity index (χ0) is 14.7. The molecule has 106 valence electrons. The van der Waals surface area contributed by atoms with Gasteiger partial charge in [-0.3, -0.25) is 4.79 Å². The summed E-state index contributed by atoms with van der Waals surface area (Å²) in [6.45, 7) is -0.0106. The Morgan fingerprint density at radius 3 is 2.80 bits per heavy atom. The van der Waals surface area contributed by atoms with Crippen molar-refractivity contribution in [2.75, 3.05) is 6.54 Å². The van der Waals surface area contributed by atoms with Gasteiger partial charge in [0, 0.05) is 19.0 Å². The Hall–Kier alpha value is -2.21. The maximum absolute atomic E-state index is 13.0. The second-order valence-corrected chi connectivity index (χ2v) is 4.62. The minimum atomic E-state index is -1.14. The van der Waals surface area contributed by atoms with Crippen LogP contribution in [0.25, 0.3) is 6.08 Å². The molecule has 6 heteroatoms. The van der Waals surface area contributed by atoms with Gasteiger partial charge in [-0.25, -0.2) is 9.18 Å². The number of benzene rings is 1. The third-order valence-electron chi connectivity index (χ3n) is 3.11. The number of carboxylic acid groups (broad SMARTS) is 1. The first kappa shape index (κ1) is 14.2. The number of hydrogen-bond donors (Lipinski definition) is 2. The summed E-state index contributed by atoms with van der Waals surface area (Å²) in [6.07, 6.45) is 1.79. The molecule has 0 bridgehead atoms. The number of aliphatic carboxylic acids is 1. The van der Waals surface area contributed by atoms with Gasteiger partial charge in [0.1, 0.15) is 11.9 Å². The van der Waals surface area contributed by atoms with Crippen LogP contribution in [0.4, 0.5) is 4.39 Å². The molecule has 0 saturated carbocycles. The van der Waals surface area contributed by atoms with E-state index in [2.05, 4.69) is 0 Å². The minimum Gasteiger partial charge on any atom is -0.480 e. The van der Waals surface area contributed by atoms with Gasteiger partial charge in [0.2, 0.25) is 5.91 Å². The SMILES string of the molecule is O=C(O)[C@@H]1C[C@H](O)CN1C(=O)C=Cc1cccc(F)c1. The van der Waals surface area contributed by atoms with Gasteiger partial charge >= 0.3 is 5.97 Å². The number of nitrogens with zero attached hydrogens (tertiary/aromatic N) is 1. The molecule has 2 rings (SSSR count). The van der Waals surface area contributed by atoms with Gasteiger partial charge in [-0.05, 0) is 23.8 Å². The van der Waals surface area contributed by atoms with E-state index in [1.807, 2.05) is 0 Å². The van der Waals surface area contributed by atoms with E-state index < -0.39 is 29.8 Å². The van der Waals surface area contributed by atoms with Crippen LogP contribution in [0.2, 0.25) is 0 Å². The van der Waals surface area contributed by atoms with Crippen molar-refractivity contribution in [3.63, 3.8) is 0 Å². The second kappa shape index (κ2) is 5.83. The van der Waals surface area contributed by atoms with E-state index in [-0.39, 0.29) is 13.0 Å². The Bertz CT molecular complexity index is 558. The number of likely N-dealkylation sites (tertiary alicyclic amines) is 1. The average molecular weight is 279 g/mol. The number of hydrogen-bond acceptors (Lipinski definition) is 3. The highest BCUT2D eigenvalue weighted by Gasteiger charge is 2.37. The normalized spacial score (nSPS) is 22.4. The highest BCUT2D eigenvalue weighted by atomic mass is 19.1. The predicted molar refractivity (Wildman–Crippen MR) is 69.2 cm³/mol. The van der Waals surface area contributed by atoms with Gasteiger partial charge in [-0.1, -0.05) is 12.1 Å². The van der Waals surface area contributed by atoms with Gasteiger partial charge < -0.3 is 15.1 Å². The standard InChI is InChI=1S/C14H14FNO4/c15-10-3-1-2-9(6-10)4-5-13(18)16-8-11(17)7-12(16)14(19)20/h1-6,11-12,17H,7-8H2,(H,19,20)/t11-,12-/m0/s1. The summed E-state index contributed by atoms with van der Waals surface area (Å²) in [4.78, 5) is 24.0. The number of rotatable bonds is 3. The molecule has 0 unspecified atom stereocenters. The molecular weight excluding hydrogens is 265 g/mol. The predicted octanol–water partition coefficient (Wildman–Crippen LogP) is 0.885. The Morgan fingerprint density at radius 2 is 2.15 bits per heavy atom. The van der Waals surface area contributed by atoms with Crippen molar-refractivity contribution >= 4 is 18.0 Å².